The molecule has 0 spiro atoms. The van der Waals surface area contributed by atoms with Crippen molar-refractivity contribution in [3.8, 4) is 11.5 Å². The molecule has 1 atom stereocenters. The van der Waals surface area contributed by atoms with Crippen LogP contribution in [0, 0.1) is 0 Å². The van der Waals surface area contributed by atoms with Gasteiger partial charge < -0.3 is 14.8 Å². The second kappa shape index (κ2) is 6.85. The van der Waals surface area contributed by atoms with Crippen LogP contribution < -0.4 is 14.8 Å². The van der Waals surface area contributed by atoms with Crippen molar-refractivity contribution in [2.45, 2.75) is 12.5 Å². The molecule has 0 saturated heterocycles. The number of hydrogen-bond acceptors (Lipinski definition) is 4. The number of hydrogen-bond donors (Lipinski definition) is 1. The summed E-state index contributed by atoms with van der Waals surface area (Å²) in [5.74, 6) is 1.45. The van der Waals surface area contributed by atoms with Crippen molar-refractivity contribution in [3.05, 3.63) is 23.8 Å². The van der Waals surface area contributed by atoms with Gasteiger partial charge in [0.05, 0.1) is 6.54 Å². The Bertz CT molecular complexity index is 443. The van der Waals surface area contributed by atoms with Crippen molar-refractivity contribution in [1.82, 2.24) is 10.2 Å². The highest BCUT2D eigenvalue weighted by molar-refractivity contribution is 5.44. The van der Waals surface area contributed by atoms with Gasteiger partial charge in [-0.3, -0.25) is 4.90 Å². The van der Waals surface area contributed by atoms with Crippen LogP contribution in [-0.2, 0) is 0 Å². The molecule has 0 bridgehead atoms. The first kappa shape index (κ1) is 15.0. The average molecular weight is 286 g/mol. The Labute approximate surface area is 117 Å². The van der Waals surface area contributed by atoms with Gasteiger partial charge in [-0.1, -0.05) is 6.07 Å². The fraction of sp³-hybridized carbons (Fsp3) is 0.571. The first-order valence-electron chi connectivity index (χ1n) is 6.63. The van der Waals surface area contributed by atoms with E-state index in [2.05, 4.69) is 5.32 Å². The molecule has 112 valence electrons. The molecule has 1 aromatic rings. The normalized spacial score (nSPS) is 15.7. The monoisotopic (exact) mass is 286 g/mol. The quantitative estimate of drug-likeness (QED) is 0.866. The van der Waals surface area contributed by atoms with E-state index in [1.54, 1.807) is 11.9 Å². The predicted molar refractivity (Wildman–Crippen MR) is 72.7 cm³/mol. The molecule has 0 aliphatic carbocycles. The molecule has 1 aliphatic heterocycles. The van der Waals surface area contributed by atoms with Crippen LogP contribution in [0.2, 0.25) is 0 Å². The minimum Gasteiger partial charge on any atom is -0.486 e. The smallest absolute Gasteiger partial charge is 0.251 e. The topological polar surface area (TPSA) is 33.7 Å². The molecule has 1 aromatic carbocycles. The Kier molecular flexibility index (Phi) is 5.14. The molecule has 0 radical (unpaired) electrons. The van der Waals surface area contributed by atoms with E-state index in [0.717, 1.165) is 11.3 Å². The van der Waals surface area contributed by atoms with Crippen LogP contribution in [0.1, 0.15) is 11.6 Å². The van der Waals surface area contributed by atoms with Crippen molar-refractivity contribution < 1.29 is 18.3 Å². The van der Waals surface area contributed by atoms with Crippen LogP contribution in [0.3, 0.4) is 0 Å². The lowest BCUT2D eigenvalue weighted by molar-refractivity contribution is 0.0962. The summed E-state index contributed by atoms with van der Waals surface area (Å²) in [6.07, 6.45) is -2.32. The van der Waals surface area contributed by atoms with E-state index < -0.39 is 6.43 Å². The summed E-state index contributed by atoms with van der Waals surface area (Å²) >= 11 is 0. The largest absolute Gasteiger partial charge is 0.486 e. The van der Waals surface area contributed by atoms with Crippen LogP contribution >= 0.6 is 0 Å². The van der Waals surface area contributed by atoms with Gasteiger partial charge in [-0.2, -0.15) is 0 Å². The average Bonchev–Trinajstić information content (AvgIpc) is 2.43. The Morgan fingerprint density at radius 2 is 1.90 bits per heavy atom. The number of fused-ring (bicyclic) bond motifs is 1. The van der Waals surface area contributed by atoms with Gasteiger partial charge in [0.1, 0.15) is 13.2 Å². The molecule has 6 heteroatoms. The molecular weight excluding hydrogens is 266 g/mol. The molecule has 1 N–H and O–H groups in total. The van der Waals surface area contributed by atoms with Crippen LogP contribution in [-0.4, -0.2) is 51.7 Å². The summed E-state index contributed by atoms with van der Waals surface area (Å²) in [7, 11) is 3.51. The van der Waals surface area contributed by atoms with Gasteiger partial charge in [-0.05, 0) is 31.8 Å². The van der Waals surface area contributed by atoms with Gasteiger partial charge in [0.15, 0.2) is 11.5 Å². The van der Waals surface area contributed by atoms with Crippen LogP contribution in [0.4, 0.5) is 8.78 Å². The highest BCUT2D eigenvalue weighted by Crippen LogP contribution is 2.32. The number of likely N-dealkylation sites (N-methyl/N-ethyl adjacent to an activating group) is 2. The Morgan fingerprint density at radius 3 is 2.55 bits per heavy atom. The highest BCUT2D eigenvalue weighted by atomic mass is 19.3. The zero-order valence-corrected chi connectivity index (χ0v) is 11.7. The molecule has 1 heterocycles. The number of alkyl halides is 2. The molecule has 20 heavy (non-hydrogen) atoms. The number of benzene rings is 1. The van der Waals surface area contributed by atoms with Crippen LogP contribution in [0.5, 0.6) is 11.5 Å². The first-order valence-corrected chi connectivity index (χ1v) is 6.63. The molecule has 0 fully saturated rings. The molecule has 0 amide bonds. The molecule has 2 rings (SSSR count). The second-order valence-corrected chi connectivity index (χ2v) is 4.86. The van der Waals surface area contributed by atoms with Gasteiger partial charge in [0.2, 0.25) is 0 Å². The minimum atomic E-state index is -2.32. The molecular formula is C14H20F2N2O2. The van der Waals surface area contributed by atoms with Crippen molar-refractivity contribution in [1.29, 1.82) is 0 Å². The third-order valence-electron chi connectivity index (χ3n) is 3.26. The second-order valence-electron chi connectivity index (χ2n) is 4.86. The number of halogens is 2. The maximum Gasteiger partial charge on any atom is 0.251 e. The Hall–Kier alpha value is -1.40. The van der Waals surface area contributed by atoms with Gasteiger partial charge in [0.25, 0.3) is 6.43 Å². The maximum absolute atomic E-state index is 12.4. The van der Waals surface area contributed by atoms with Gasteiger partial charge in [-0.15, -0.1) is 0 Å². The minimum absolute atomic E-state index is 0.0328. The Morgan fingerprint density at radius 1 is 1.20 bits per heavy atom. The van der Waals surface area contributed by atoms with E-state index in [1.807, 2.05) is 25.2 Å². The third kappa shape index (κ3) is 3.80. The summed E-state index contributed by atoms with van der Waals surface area (Å²) in [6.45, 7) is 1.36. The molecule has 0 saturated carbocycles. The standard InChI is InChI=1S/C14H20F2N2O2/c1-17-11(8-18(2)9-14(15)16)10-3-4-12-13(7-10)20-6-5-19-12/h3-4,7,11,14,17H,5-6,8-9H2,1-2H3. The first-order chi connectivity index (χ1) is 9.60. The van der Waals surface area contributed by atoms with Crippen molar-refractivity contribution in [3.63, 3.8) is 0 Å². The lowest BCUT2D eigenvalue weighted by Crippen LogP contribution is -2.34. The van der Waals surface area contributed by atoms with E-state index in [4.69, 9.17) is 9.47 Å². The highest BCUT2D eigenvalue weighted by Gasteiger charge is 2.18. The van der Waals surface area contributed by atoms with E-state index >= 15 is 0 Å². The SMILES string of the molecule is CNC(CN(C)CC(F)F)c1ccc2c(c1)OCCO2. The molecule has 1 unspecified atom stereocenters. The van der Waals surface area contributed by atoms with Crippen molar-refractivity contribution in [2.75, 3.05) is 40.4 Å². The van der Waals surface area contributed by atoms with E-state index in [-0.39, 0.29) is 12.6 Å². The van der Waals surface area contributed by atoms with Crippen LogP contribution in [0.15, 0.2) is 18.2 Å². The van der Waals surface area contributed by atoms with Gasteiger partial charge >= 0.3 is 0 Å². The van der Waals surface area contributed by atoms with E-state index in [0.29, 0.717) is 25.5 Å². The zero-order chi connectivity index (χ0) is 14.5. The molecule has 4 nitrogen and oxygen atoms in total. The van der Waals surface area contributed by atoms with Crippen LogP contribution in [0.25, 0.3) is 0 Å². The van der Waals surface area contributed by atoms with Crippen molar-refractivity contribution >= 4 is 0 Å². The van der Waals surface area contributed by atoms with E-state index in [9.17, 15) is 8.78 Å². The molecule has 1 aliphatic rings. The predicted octanol–water partition coefficient (Wildman–Crippen LogP) is 1.92. The summed E-state index contributed by atoms with van der Waals surface area (Å²) in [4.78, 5) is 1.61. The number of nitrogens with one attached hydrogen (secondary N) is 1. The lowest BCUT2D eigenvalue weighted by atomic mass is 10.1. The van der Waals surface area contributed by atoms with Gasteiger partial charge in [-0.25, -0.2) is 8.78 Å². The van der Waals surface area contributed by atoms with E-state index in [1.165, 1.54) is 0 Å². The molecule has 0 aromatic heterocycles. The lowest BCUT2D eigenvalue weighted by Gasteiger charge is -2.25. The number of rotatable bonds is 6. The number of ether oxygens (including phenoxy) is 2. The fourth-order valence-electron chi connectivity index (χ4n) is 2.26. The fourth-order valence-corrected chi connectivity index (χ4v) is 2.26. The summed E-state index contributed by atoms with van der Waals surface area (Å²) in [5.41, 5.74) is 0.998. The van der Waals surface area contributed by atoms with Crippen molar-refractivity contribution in [2.24, 2.45) is 0 Å². The number of nitrogens with zero attached hydrogens (tertiary/aromatic N) is 1. The summed E-state index contributed by atoms with van der Waals surface area (Å²) < 4.78 is 35.7. The summed E-state index contributed by atoms with van der Waals surface area (Å²) in [5, 5.41) is 3.15. The zero-order valence-electron chi connectivity index (χ0n) is 11.7. The maximum atomic E-state index is 12.4. The third-order valence-corrected chi connectivity index (χ3v) is 3.26. The Balaban J connectivity index is 2.07. The summed E-state index contributed by atoms with van der Waals surface area (Å²) in [6, 6.07) is 5.67. The van der Waals surface area contributed by atoms with Gasteiger partial charge in [0, 0.05) is 12.6 Å².